The highest BCUT2D eigenvalue weighted by molar-refractivity contribution is 5.93. The Labute approximate surface area is 124 Å². The number of carbonyl (C=O) groups is 2. The first kappa shape index (κ1) is 14.1. The zero-order valence-corrected chi connectivity index (χ0v) is 12.9. The van der Waals surface area contributed by atoms with Crippen molar-refractivity contribution >= 4 is 11.8 Å². The minimum atomic E-state index is -0.0185. The lowest BCUT2D eigenvalue weighted by molar-refractivity contribution is -0.130. The Hall–Kier alpha value is -1.85. The van der Waals surface area contributed by atoms with Crippen LogP contribution in [0.25, 0.3) is 0 Å². The number of rotatable bonds is 1. The Bertz CT molecular complexity index is 565. The van der Waals surface area contributed by atoms with Crippen LogP contribution in [-0.2, 0) is 11.8 Å². The third-order valence-corrected chi connectivity index (χ3v) is 5.19. The standard InChI is InChI=1S/C15H22N4O2/c1-11-13(17(2)10-16-11)14(21)19-8-6-15(7-9-19)5-4-12(20)18(15)3/h10H,4-9H2,1-3H3. The van der Waals surface area contributed by atoms with Gasteiger partial charge in [-0.25, -0.2) is 4.98 Å². The smallest absolute Gasteiger partial charge is 0.272 e. The van der Waals surface area contributed by atoms with Gasteiger partial charge in [-0.05, 0) is 26.2 Å². The van der Waals surface area contributed by atoms with Crippen molar-refractivity contribution in [3.8, 4) is 0 Å². The summed E-state index contributed by atoms with van der Waals surface area (Å²) in [4.78, 5) is 32.4. The molecular formula is C15H22N4O2. The number of piperidine rings is 1. The van der Waals surface area contributed by atoms with E-state index in [2.05, 4.69) is 4.98 Å². The van der Waals surface area contributed by atoms with Gasteiger partial charge in [-0.2, -0.15) is 0 Å². The van der Waals surface area contributed by atoms with Crippen molar-refractivity contribution in [1.82, 2.24) is 19.4 Å². The van der Waals surface area contributed by atoms with Crippen LogP contribution in [0.5, 0.6) is 0 Å². The first-order chi connectivity index (χ1) is 9.94. The molecule has 0 aromatic carbocycles. The van der Waals surface area contributed by atoms with Gasteiger partial charge in [0.25, 0.3) is 5.91 Å². The Morgan fingerprint density at radius 1 is 1.24 bits per heavy atom. The minimum absolute atomic E-state index is 0.0185. The Morgan fingerprint density at radius 2 is 1.90 bits per heavy atom. The fourth-order valence-electron chi connectivity index (χ4n) is 3.65. The number of imidazole rings is 1. The molecule has 0 radical (unpaired) electrons. The summed E-state index contributed by atoms with van der Waals surface area (Å²) < 4.78 is 1.78. The summed E-state index contributed by atoms with van der Waals surface area (Å²) in [6, 6.07) is 0. The van der Waals surface area contributed by atoms with Gasteiger partial charge >= 0.3 is 0 Å². The number of aryl methyl sites for hydroxylation is 2. The van der Waals surface area contributed by atoms with Gasteiger partial charge in [0, 0.05) is 39.1 Å². The minimum Gasteiger partial charge on any atom is -0.340 e. The van der Waals surface area contributed by atoms with Gasteiger partial charge in [-0.3, -0.25) is 9.59 Å². The molecule has 1 aromatic rings. The van der Waals surface area contributed by atoms with Crippen LogP contribution in [0.2, 0.25) is 0 Å². The maximum Gasteiger partial charge on any atom is 0.272 e. The molecule has 0 N–H and O–H groups in total. The van der Waals surface area contributed by atoms with Crippen LogP contribution in [-0.4, -0.2) is 56.8 Å². The molecule has 3 rings (SSSR count). The van der Waals surface area contributed by atoms with E-state index < -0.39 is 0 Å². The monoisotopic (exact) mass is 290 g/mol. The summed E-state index contributed by atoms with van der Waals surface area (Å²) in [6.45, 7) is 3.28. The largest absolute Gasteiger partial charge is 0.340 e. The van der Waals surface area contributed by atoms with E-state index in [1.165, 1.54) is 0 Å². The number of hydrogen-bond acceptors (Lipinski definition) is 3. The van der Waals surface area contributed by atoms with E-state index in [1.54, 1.807) is 10.9 Å². The normalized spacial score (nSPS) is 21.4. The zero-order valence-electron chi connectivity index (χ0n) is 12.9. The highest BCUT2D eigenvalue weighted by atomic mass is 16.2. The molecule has 0 unspecified atom stereocenters. The van der Waals surface area contributed by atoms with Gasteiger partial charge in [0.2, 0.25) is 5.91 Å². The van der Waals surface area contributed by atoms with Crippen LogP contribution >= 0.6 is 0 Å². The zero-order chi connectivity index (χ0) is 15.2. The van der Waals surface area contributed by atoms with Gasteiger partial charge in [0.05, 0.1) is 12.0 Å². The van der Waals surface area contributed by atoms with Gasteiger partial charge in [-0.1, -0.05) is 0 Å². The molecule has 2 aliphatic heterocycles. The molecule has 2 saturated heterocycles. The van der Waals surface area contributed by atoms with Crippen molar-refractivity contribution < 1.29 is 9.59 Å². The van der Waals surface area contributed by atoms with Crippen LogP contribution < -0.4 is 0 Å². The lowest BCUT2D eigenvalue weighted by atomic mass is 9.85. The molecule has 2 fully saturated rings. The third kappa shape index (κ3) is 2.13. The SMILES string of the molecule is Cc1ncn(C)c1C(=O)N1CCC2(CCC(=O)N2C)CC1. The molecular weight excluding hydrogens is 268 g/mol. The molecule has 2 amide bonds. The van der Waals surface area contributed by atoms with Crippen LogP contribution in [0.3, 0.4) is 0 Å². The average Bonchev–Trinajstić information content (AvgIpc) is 2.95. The van der Waals surface area contributed by atoms with Gasteiger partial charge in [0.15, 0.2) is 0 Å². The molecule has 0 saturated carbocycles. The fraction of sp³-hybridized carbons (Fsp3) is 0.667. The molecule has 6 nitrogen and oxygen atoms in total. The second-order valence-corrected chi connectivity index (χ2v) is 6.26. The van der Waals surface area contributed by atoms with Crippen LogP contribution in [0.1, 0.15) is 41.9 Å². The van der Waals surface area contributed by atoms with E-state index in [1.807, 2.05) is 30.8 Å². The van der Waals surface area contributed by atoms with Crippen LogP contribution in [0.15, 0.2) is 6.33 Å². The molecule has 3 heterocycles. The van der Waals surface area contributed by atoms with Crippen molar-refractivity contribution in [3.63, 3.8) is 0 Å². The summed E-state index contributed by atoms with van der Waals surface area (Å²) in [5.74, 6) is 0.284. The lowest BCUT2D eigenvalue weighted by Crippen LogP contribution is -2.53. The van der Waals surface area contributed by atoms with Crippen LogP contribution in [0.4, 0.5) is 0 Å². The van der Waals surface area contributed by atoms with Gasteiger partial charge in [0.1, 0.15) is 5.69 Å². The number of carbonyl (C=O) groups excluding carboxylic acids is 2. The second-order valence-electron chi connectivity index (χ2n) is 6.26. The maximum absolute atomic E-state index is 12.6. The van der Waals surface area contributed by atoms with Crippen molar-refractivity contribution in [3.05, 3.63) is 17.7 Å². The van der Waals surface area contributed by atoms with E-state index >= 15 is 0 Å². The summed E-state index contributed by atoms with van der Waals surface area (Å²) in [5, 5.41) is 0. The highest BCUT2D eigenvalue weighted by Crippen LogP contribution is 2.38. The van der Waals surface area contributed by atoms with E-state index in [9.17, 15) is 9.59 Å². The predicted octanol–water partition coefficient (Wildman–Crippen LogP) is 0.956. The van der Waals surface area contributed by atoms with Crippen LogP contribution in [0, 0.1) is 6.92 Å². The lowest BCUT2D eigenvalue weighted by Gasteiger charge is -2.43. The van der Waals surface area contributed by atoms with E-state index in [0.29, 0.717) is 25.2 Å². The van der Waals surface area contributed by atoms with E-state index in [0.717, 1.165) is 25.0 Å². The first-order valence-corrected chi connectivity index (χ1v) is 7.48. The molecule has 114 valence electrons. The van der Waals surface area contributed by atoms with Gasteiger partial charge < -0.3 is 14.4 Å². The van der Waals surface area contributed by atoms with Crippen molar-refractivity contribution in [2.45, 2.75) is 38.1 Å². The van der Waals surface area contributed by atoms with E-state index in [4.69, 9.17) is 0 Å². The Balaban J connectivity index is 1.72. The molecule has 0 atom stereocenters. The number of aromatic nitrogens is 2. The quantitative estimate of drug-likeness (QED) is 0.774. The molecule has 1 spiro atoms. The number of hydrogen-bond donors (Lipinski definition) is 0. The fourth-order valence-corrected chi connectivity index (χ4v) is 3.65. The van der Waals surface area contributed by atoms with Crippen molar-refractivity contribution in [1.29, 1.82) is 0 Å². The Kier molecular flexibility index (Phi) is 3.26. The predicted molar refractivity (Wildman–Crippen MR) is 77.8 cm³/mol. The van der Waals surface area contributed by atoms with Gasteiger partial charge in [-0.15, -0.1) is 0 Å². The van der Waals surface area contributed by atoms with E-state index in [-0.39, 0.29) is 17.4 Å². The summed E-state index contributed by atoms with van der Waals surface area (Å²) in [7, 11) is 3.75. The highest BCUT2D eigenvalue weighted by Gasteiger charge is 2.45. The maximum atomic E-state index is 12.6. The third-order valence-electron chi connectivity index (χ3n) is 5.19. The summed E-state index contributed by atoms with van der Waals surface area (Å²) >= 11 is 0. The molecule has 21 heavy (non-hydrogen) atoms. The number of nitrogens with zero attached hydrogens (tertiary/aromatic N) is 4. The molecule has 6 heteroatoms. The summed E-state index contributed by atoms with van der Waals surface area (Å²) in [5.41, 5.74) is 1.42. The molecule has 1 aromatic heterocycles. The second kappa shape index (κ2) is 4.86. The van der Waals surface area contributed by atoms with Crippen molar-refractivity contribution in [2.75, 3.05) is 20.1 Å². The number of amides is 2. The topological polar surface area (TPSA) is 58.4 Å². The summed E-state index contributed by atoms with van der Waals surface area (Å²) in [6.07, 6.45) is 4.99. The first-order valence-electron chi connectivity index (χ1n) is 7.48. The van der Waals surface area contributed by atoms with Crippen molar-refractivity contribution in [2.24, 2.45) is 7.05 Å². The average molecular weight is 290 g/mol. The Morgan fingerprint density at radius 3 is 2.38 bits per heavy atom. The molecule has 0 bridgehead atoms. The number of likely N-dealkylation sites (tertiary alicyclic amines) is 2. The molecule has 0 aliphatic carbocycles. The molecule has 2 aliphatic rings.